The fraction of sp³-hybridized carbons (Fsp3) is 0.357. The second-order valence-electron chi connectivity index (χ2n) is 5.05. The molecule has 0 heterocycles. The van der Waals surface area contributed by atoms with Crippen LogP contribution in [0.3, 0.4) is 0 Å². The summed E-state index contributed by atoms with van der Waals surface area (Å²) in [5.74, 6) is 0. The van der Waals surface area contributed by atoms with Crippen molar-refractivity contribution in [2.45, 2.75) is 26.4 Å². The van der Waals surface area contributed by atoms with Crippen LogP contribution in [0.2, 0.25) is 5.02 Å². The number of alkyl halides is 1. The lowest BCUT2D eigenvalue weighted by Crippen LogP contribution is -2.27. The summed E-state index contributed by atoms with van der Waals surface area (Å²) in [4.78, 5) is 11.8. The highest BCUT2D eigenvalue weighted by Crippen LogP contribution is 2.27. The number of rotatable bonds is 3. The Labute approximate surface area is 127 Å². The standard InChI is InChI=1S/C14H17BrClNO2/c1-9(8-15)11-6-5-10(16)7-12(11)17-13(18)19-14(2,3)4/h5-7H,1,8H2,2-4H3,(H,17,18). The van der Waals surface area contributed by atoms with E-state index in [2.05, 4.69) is 27.8 Å². The lowest BCUT2D eigenvalue weighted by molar-refractivity contribution is 0.0636. The predicted molar refractivity (Wildman–Crippen MR) is 84.1 cm³/mol. The molecule has 0 unspecified atom stereocenters. The maximum absolute atomic E-state index is 11.8. The van der Waals surface area contributed by atoms with Gasteiger partial charge in [-0.1, -0.05) is 40.2 Å². The summed E-state index contributed by atoms with van der Waals surface area (Å²) in [5.41, 5.74) is 1.72. The zero-order valence-electron chi connectivity index (χ0n) is 11.2. The molecular weight excluding hydrogens is 330 g/mol. The van der Waals surface area contributed by atoms with Crippen LogP contribution in [-0.2, 0) is 4.74 Å². The van der Waals surface area contributed by atoms with Crippen LogP contribution in [0.4, 0.5) is 10.5 Å². The lowest BCUT2D eigenvalue weighted by Gasteiger charge is -2.20. The molecule has 0 bridgehead atoms. The largest absolute Gasteiger partial charge is 0.444 e. The highest BCUT2D eigenvalue weighted by atomic mass is 79.9. The summed E-state index contributed by atoms with van der Waals surface area (Å²) in [7, 11) is 0. The van der Waals surface area contributed by atoms with Crippen LogP contribution in [-0.4, -0.2) is 17.0 Å². The average Bonchev–Trinajstić information content (AvgIpc) is 2.25. The zero-order valence-corrected chi connectivity index (χ0v) is 13.6. The summed E-state index contributed by atoms with van der Waals surface area (Å²) >= 11 is 9.29. The van der Waals surface area contributed by atoms with Crippen LogP contribution in [0.5, 0.6) is 0 Å². The molecule has 1 aromatic carbocycles. The first-order valence-electron chi connectivity index (χ1n) is 5.76. The molecule has 0 fully saturated rings. The third-order valence-corrected chi connectivity index (χ3v) is 3.07. The minimum absolute atomic E-state index is 0.515. The molecular formula is C14H17BrClNO2. The van der Waals surface area contributed by atoms with Gasteiger partial charge in [-0.05, 0) is 38.5 Å². The molecule has 0 aliphatic carbocycles. The van der Waals surface area contributed by atoms with Crippen LogP contribution in [0.25, 0.3) is 5.57 Å². The number of hydrogen-bond donors (Lipinski definition) is 1. The first-order valence-corrected chi connectivity index (χ1v) is 7.26. The van der Waals surface area contributed by atoms with E-state index in [-0.39, 0.29) is 0 Å². The van der Waals surface area contributed by atoms with Crippen molar-refractivity contribution >= 4 is 44.9 Å². The molecule has 1 aromatic rings. The van der Waals surface area contributed by atoms with Crippen LogP contribution in [0.15, 0.2) is 24.8 Å². The summed E-state index contributed by atoms with van der Waals surface area (Å²) in [6.07, 6.45) is -0.515. The van der Waals surface area contributed by atoms with Gasteiger partial charge in [-0.3, -0.25) is 5.32 Å². The van der Waals surface area contributed by atoms with Crippen molar-refractivity contribution in [1.82, 2.24) is 0 Å². The number of hydrogen-bond acceptors (Lipinski definition) is 2. The minimum Gasteiger partial charge on any atom is -0.444 e. The maximum Gasteiger partial charge on any atom is 0.412 e. The molecule has 3 nitrogen and oxygen atoms in total. The molecule has 0 atom stereocenters. The normalized spacial score (nSPS) is 11.0. The van der Waals surface area contributed by atoms with E-state index < -0.39 is 11.7 Å². The van der Waals surface area contributed by atoms with Crippen molar-refractivity contribution < 1.29 is 9.53 Å². The molecule has 19 heavy (non-hydrogen) atoms. The van der Waals surface area contributed by atoms with Gasteiger partial charge in [0.15, 0.2) is 0 Å². The number of halogens is 2. The van der Waals surface area contributed by atoms with E-state index in [4.69, 9.17) is 16.3 Å². The number of benzene rings is 1. The molecule has 1 rings (SSSR count). The smallest absolute Gasteiger partial charge is 0.412 e. The number of carbonyl (C=O) groups excluding carboxylic acids is 1. The van der Waals surface area contributed by atoms with Crippen molar-refractivity contribution in [1.29, 1.82) is 0 Å². The highest BCUT2D eigenvalue weighted by Gasteiger charge is 2.17. The van der Waals surface area contributed by atoms with E-state index in [0.29, 0.717) is 16.0 Å². The van der Waals surface area contributed by atoms with Crippen LogP contribution < -0.4 is 5.32 Å². The molecule has 0 saturated heterocycles. The predicted octanol–water partition coefficient (Wildman–Crippen LogP) is 5.10. The Kier molecular flexibility index (Phi) is 5.44. The van der Waals surface area contributed by atoms with Gasteiger partial charge in [0.05, 0.1) is 5.69 Å². The van der Waals surface area contributed by atoms with E-state index in [9.17, 15) is 4.79 Å². The number of carbonyl (C=O) groups is 1. The second kappa shape index (κ2) is 6.44. The Morgan fingerprint density at radius 3 is 2.63 bits per heavy atom. The van der Waals surface area contributed by atoms with E-state index in [1.807, 2.05) is 26.8 Å². The quantitative estimate of drug-likeness (QED) is 0.774. The van der Waals surface area contributed by atoms with E-state index >= 15 is 0 Å². The Hall–Kier alpha value is -1.00. The van der Waals surface area contributed by atoms with Gasteiger partial charge < -0.3 is 4.74 Å². The molecule has 0 spiro atoms. The lowest BCUT2D eigenvalue weighted by atomic mass is 10.1. The minimum atomic E-state index is -0.546. The van der Waals surface area contributed by atoms with Gasteiger partial charge in [0.2, 0.25) is 0 Å². The summed E-state index contributed by atoms with van der Waals surface area (Å²) in [5, 5.41) is 3.84. The van der Waals surface area contributed by atoms with Gasteiger partial charge in [0.1, 0.15) is 5.60 Å². The van der Waals surface area contributed by atoms with Gasteiger partial charge in [-0.2, -0.15) is 0 Å². The molecule has 5 heteroatoms. The van der Waals surface area contributed by atoms with Gasteiger partial charge in [-0.25, -0.2) is 4.79 Å². The zero-order chi connectivity index (χ0) is 14.6. The van der Waals surface area contributed by atoms with Crippen LogP contribution in [0.1, 0.15) is 26.3 Å². The molecule has 0 saturated carbocycles. The molecule has 0 aromatic heterocycles. The van der Waals surface area contributed by atoms with Crippen molar-refractivity contribution in [2.75, 3.05) is 10.6 Å². The third-order valence-electron chi connectivity index (χ3n) is 2.16. The second-order valence-corrected chi connectivity index (χ2v) is 6.05. The summed E-state index contributed by atoms with van der Waals surface area (Å²) in [6.45, 7) is 9.36. The summed E-state index contributed by atoms with van der Waals surface area (Å²) < 4.78 is 5.22. The fourth-order valence-corrected chi connectivity index (χ4v) is 1.89. The van der Waals surface area contributed by atoms with Crippen molar-refractivity contribution in [3.63, 3.8) is 0 Å². The van der Waals surface area contributed by atoms with Gasteiger partial charge >= 0.3 is 6.09 Å². The Balaban J connectivity index is 2.96. The Bertz CT molecular complexity index is 495. The number of amides is 1. The van der Waals surface area contributed by atoms with Crippen molar-refractivity contribution in [2.24, 2.45) is 0 Å². The maximum atomic E-state index is 11.8. The fourth-order valence-electron chi connectivity index (χ4n) is 1.41. The molecule has 1 N–H and O–H groups in total. The summed E-state index contributed by atoms with van der Waals surface area (Å²) in [6, 6.07) is 5.25. The van der Waals surface area contributed by atoms with Crippen LogP contribution in [0, 0.1) is 0 Å². The monoisotopic (exact) mass is 345 g/mol. The van der Waals surface area contributed by atoms with Gasteiger partial charge in [0, 0.05) is 15.9 Å². The van der Waals surface area contributed by atoms with Gasteiger partial charge in [-0.15, -0.1) is 0 Å². The first-order chi connectivity index (χ1) is 8.73. The highest BCUT2D eigenvalue weighted by molar-refractivity contribution is 9.09. The Morgan fingerprint density at radius 1 is 1.47 bits per heavy atom. The van der Waals surface area contributed by atoms with Gasteiger partial charge in [0.25, 0.3) is 0 Å². The van der Waals surface area contributed by atoms with Crippen LogP contribution >= 0.6 is 27.5 Å². The van der Waals surface area contributed by atoms with E-state index in [0.717, 1.165) is 11.1 Å². The average molecular weight is 347 g/mol. The number of allylic oxidation sites excluding steroid dienone is 1. The molecule has 104 valence electrons. The first kappa shape index (κ1) is 16.1. The SMILES string of the molecule is C=C(CBr)c1ccc(Cl)cc1NC(=O)OC(C)(C)C. The van der Waals surface area contributed by atoms with E-state index in [1.54, 1.807) is 12.1 Å². The molecule has 0 aliphatic heterocycles. The number of ether oxygens (including phenoxy) is 1. The molecule has 1 amide bonds. The van der Waals surface area contributed by atoms with Crippen molar-refractivity contribution in [3.8, 4) is 0 Å². The Morgan fingerprint density at radius 2 is 2.11 bits per heavy atom. The van der Waals surface area contributed by atoms with Crippen molar-refractivity contribution in [3.05, 3.63) is 35.4 Å². The number of nitrogens with one attached hydrogen (secondary N) is 1. The topological polar surface area (TPSA) is 38.3 Å². The van der Waals surface area contributed by atoms with E-state index in [1.165, 1.54) is 0 Å². The third kappa shape index (κ3) is 5.25. The molecule has 0 radical (unpaired) electrons. The molecule has 0 aliphatic rings. The number of anilines is 1.